The Morgan fingerprint density at radius 3 is 2.56 bits per heavy atom. The molecule has 4 atom stereocenters. The highest BCUT2D eigenvalue weighted by Crippen LogP contribution is 2.49. The molecular weight excluding hydrogens is 198 g/mol. The quantitative estimate of drug-likeness (QED) is 0.728. The first-order chi connectivity index (χ1) is 7.61. The molecule has 0 spiro atoms. The topological polar surface area (TPSA) is 40.9 Å². The molecule has 2 fully saturated rings. The molecule has 0 radical (unpaired) electrons. The SMILES string of the molecule is CC(C)CC(C#N)C(=O)C1CC2CCC1C2. The summed E-state index contributed by atoms with van der Waals surface area (Å²) in [5.74, 6) is 1.97. The van der Waals surface area contributed by atoms with Gasteiger partial charge in [-0.3, -0.25) is 4.79 Å². The Labute approximate surface area is 98.0 Å². The summed E-state index contributed by atoms with van der Waals surface area (Å²) in [4.78, 5) is 12.3. The van der Waals surface area contributed by atoms with Crippen LogP contribution in [-0.2, 0) is 4.79 Å². The van der Waals surface area contributed by atoms with Crippen molar-refractivity contribution < 1.29 is 4.79 Å². The van der Waals surface area contributed by atoms with Gasteiger partial charge in [0.15, 0.2) is 5.78 Å². The average molecular weight is 219 g/mol. The van der Waals surface area contributed by atoms with Crippen LogP contribution in [0.15, 0.2) is 0 Å². The molecular formula is C14H21NO. The van der Waals surface area contributed by atoms with E-state index in [1.165, 1.54) is 19.3 Å². The van der Waals surface area contributed by atoms with Crippen molar-refractivity contribution in [3.8, 4) is 6.07 Å². The lowest BCUT2D eigenvalue weighted by Gasteiger charge is -2.23. The van der Waals surface area contributed by atoms with Crippen molar-refractivity contribution >= 4 is 5.78 Å². The van der Waals surface area contributed by atoms with Gasteiger partial charge >= 0.3 is 0 Å². The molecule has 0 amide bonds. The van der Waals surface area contributed by atoms with Crippen LogP contribution in [0.25, 0.3) is 0 Å². The molecule has 2 bridgehead atoms. The standard InChI is InChI=1S/C14H21NO/c1-9(2)5-12(8-15)14(16)13-7-10-3-4-11(13)6-10/h9-13H,3-7H2,1-2H3. The molecule has 2 nitrogen and oxygen atoms in total. The van der Waals surface area contributed by atoms with Gasteiger partial charge in [-0.05, 0) is 43.4 Å². The smallest absolute Gasteiger partial charge is 0.153 e. The lowest BCUT2D eigenvalue weighted by molar-refractivity contribution is -0.127. The van der Waals surface area contributed by atoms with Crippen LogP contribution in [0, 0.1) is 40.9 Å². The zero-order valence-corrected chi connectivity index (χ0v) is 10.3. The molecule has 0 saturated heterocycles. The first-order valence-corrected chi connectivity index (χ1v) is 6.55. The Kier molecular flexibility index (Phi) is 3.33. The molecule has 2 aliphatic rings. The minimum absolute atomic E-state index is 0.224. The average Bonchev–Trinajstić information content (AvgIpc) is 2.86. The van der Waals surface area contributed by atoms with Crippen molar-refractivity contribution in [3.63, 3.8) is 0 Å². The fourth-order valence-corrected chi connectivity index (χ4v) is 3.56. The van der Waals surface area contributed by atoms with Gasteiger partial charge in [0.25, 0.3) is 0 Å². The van der Waals surface area contributed by atoms with E-state index in [0.717, 1.165) is 18.8 Å². The highest BCUT2D eigenvalue weighted by Gasteiger charge is 2.44. The molecule has 88 valence electrons. The van der Waals surface area contributed by atoms with E-state index in [1.54, 1.807) is 0 Å². The minimum Gasteiger partial charge on any atom is -0.298 e. The van der Waals surface area contributed by atoms with Crippen molar-refractivity contribution in [1.82, 2.24) is 0 Å². The molecule has 2 rings (SSSR count). The van der Waals surface area contributed by atoms with Crippen LogP contribution in [0.2, 0.25) is 0 Å². The molecule has 4 unspecified atom stereocenters. The summed E-state index contributed by atoms with van der Waals surface area (Å²) in [7, 11) is 0. The predicted molar refractivity (Wildman–Crippen MR) is 62.5 cm³/mol. The van der Waals surface area contributed by atoms with Gasteiger partial charge in [-0.1, -0.05) is 20.3 Å². The number of nitriles is 1. The van der Waals surface area contributed by atoms with Gasteiger partial charge < -0.3 is 0 Å². The maximum atomic E-state index is 12.3. The third-order valence-corrected chi connectivity index (χ3v) is 4.31. The monoisotopic (exact) mass is 219 g/mol. The van der Waals surface area contributed by atoms with E-state index in [2.05, 4.69) is 19.9 Å². The summed E-state index contributed by atoms with van der Waals surface area (Å²) in [6.07, 6.45) is 5.59. The number of fused-ring (bicyclic) bond motifs is 2. The number of carbonyl (C=O) groups excluding carboxylic acids is 1. The van der Waals surface area contributed by atoms with Crippen LogP contribution < -0.4 is 0 Å². The second-order valence-corrected chi connectivity index (χ2v) is 5.99. The zero-order valence-electron chi connectivity index (χ0n) is 10.3. The lowest BCUT2D eigenvalue weighted by atomic mass is 9.79. The highest BCUT2D eigenvalue weighted by molar-refractivity contribution is 5.86. The van der Waals surface area contributed by atoms with E-state index in [9.17, 15) is 4.79 Å². The maximum absolute atomic E-state index is 12.3. The van der Waals surface area contributed by atoms with Crippen LogP contribution in [-0.4, -0.2) is 5.78 Å². The van der Waals surface area contributed by atoms with Gasteiger partial charge in [-0.2, -0.15) is 5.26 Å². The van der Waals surface area contributed by atoms with Crippen molar-refractivity contribution in [2.45, 2.75) is 46.0 Å². The van der Waals surface area contributed by atoms with Gasteiger partial charge in [0.05, 0.1) is 6.07 Å². The summed E-state index contributed by atoms with van der Waals surface area (Å²) in [6.45, 7) is 4.16. The first kappa shape index (κ1) is 11.6. The molecule has 2 aliphatic carbocycles. The van der Waals surface area contributed by atoms with E-state index >= 15 is 0 Å². The molecule has 0 aliphatic heterocycles. The van der Waals surface area contributed by atoms with Crippen molar-refractivity contribution in [2.24, 2.45) is 29.6 Å². The molecule has 0 aromatic rings. The van der Waals surface area contributed by atoms with Crippen LogP contribution >= 0.6 is 0 Å². The van der Waals surface area contributed by atoms with Crippen LogP contribution in [0.4, 0.5) is 0 Å². The first-order valence-electron chi connectivity index (χ1n) is 6.55. The Morgan fingerprint density at radius 1 is 1.38 bits per heavy atom. The summed E-state index contributed by atoms with van der Waals surface area (Å²) < 4.78 is 0. The number of hydrogen-bond acceptors (Lipinski definition) is 2. The number of Topliss-reactive ketones (excluding diaryl/α,β-unsaturated/α-hetero) is 1. The van der Waals surface area contributed by atoms with E-state index in [4.69, 9.17) is 5.26 Å². The molecule has 0 heterocycles. The summed E-state index contributed by atoms with van der Waals surface area (Å²) >= 11 is 0. The molecule has 2 saturated carbocycles. The Hall–Kier alpha value is -0.840. The zero-order chi connectivity index (χ0) is 11.7. The molecule has 2 heteroatoms. The molecule has 0 aromatic carbocycles. The van der Waals surface area contributed by atoms with Gasteiger partial charge in [0.1, 0.15) is 5.92 Å². The number of nitrogens with zero attached hydrogens (tertiary/aromatic N) is 1. The Bertz CT molecular complexity index is 315. The van der Waals surface area contributed by atoms with E-state index in [0.29, 0.717) is 11.8 Å². The largest absolute Gasteiger partial charge is 0.298 e. The minimum atomic E-state index is -0.343. The van der Waals surface area contributed by atoms with Crippen LogP contribution in [0.3, 0.4) is 0 Å². The summed E-state index contributed by atoms with van der Waals surface area (Å²) in [6, 6.07) is 2.22. The van der Waals surface area contributed by atoms with E-state index in [1.807, 2.05) is 0 Å². The third kappa shape index (κ3) is 2.14. The Morgan fingerprint density at radius 2 is 2.12 bits per heavy atom. The van der Waals surface area contributed by atoms with Gasteiger partial charge in [0, 0.05) is 5.92 Å². The van der Waals surface area contributed by atoms with E-state index in [-0.39, 0.29) is 17.6 Å². The van der Waals surface area contributed by atoms with Gasteiger partial charge in [-0.25, -0.2) is 0 Å². The van der Waals surface area contributed by atoms with Gasteiger partial charge in [-0.15, -0.1) is 0 Å². The van der Waals surface area contributed by atoms with E-state index < -0.39 is 0 Å². The fraction of sp³-hybridized carbons (Fsp3) is 0.857. The summed E-state index contributed by atoms with van der Waals surface area (Å²) in [5.41, 5.74) is 0. The molecule has 0 N–H and O–H groups in total. The maximum Gasteiger partial charge on any atom is 0.153 e. The number of carbonyl (C=O) groups is 1. The fourth-order valence-electron chi connectivity index (χ4n) is 3.56. The summed E-state index contributed by atoms with van der Waals surface area (Å²) in [5, 5.41) is 9.11. The van der Waals surface area contributed by atoms with Crippen LogP contribution in [0.1, 0.15) is 46.0 Å². The van der Waals surface area contributed by atoms with Crippen molar-refractivity contribution in [3.05, 3.63) is 0 Å². The highest BCUT2D eigenvalue weighted by atomic mass is 16.1. The normalized spacial score (nSPS) is 34.0. The molecule has 0 aromatic heterocycles. The number of ketones is 1. The predicted octanol–water partition coefficient (Wildman–Crippen LogP) is 3.18. The molecule has 16 heavy (non-hydrogen) atoms. The second kappa shape index (κ2) is 4.57. The Balaban J connectivity index is 1.99. The van der Waals surface area contributed by atoms with Gasteiger partial charge in [0.2, 0.25) is 0 Å². The van der Waals surface area contributed by atoms with Crippen molar-refractivity contribution in [2.75, 3.05) is 0 Å². The van der Waals surface area contributed by atoms with Crippen LogP contribution in [0.5, 0.6) is 0 Å². The second-order valence-electron chi connectivity index (χ2n) is 5.99. The van der Waals surface area contributed by atoms with Crippen molar-refractivity contribution in [1.29, 1.82) is 5.26 Å². The number of hydrogen-bond donors (Lipinski definition) is 0. The third-order valence-electron chi connectivity index (χ3n) is 4.31. The number of rotatable bonds is 4. The lowest BCUT2D eigenvalue weighted by Crippen LogP contribution is -2.27.